The fourth-order valence-corrected chi connectivity index (χ4v) is 4.21. The number of hydrogen-bond donors (Lipinski definition) is 0. The molecule has 5 heteroatoms. The first-order valence-electron chi connectivity index (χ1n) is 10.6. The highest BCUT2D eigenvalue weighted by Crippen LogP contribution is 2.28. The van der Waals surface area contributed by atoms with Crippen LogP contribution in [0.3, 0.4) is 0 Å². The van der Waals surface area contributed by atoms with Crippen molar-refractivity contribution in [2.75, 3.05) is 13.1 Å². The van der Waals surface area contributed by atoms with Crippen molar-refractivity contribution in [1.82, 2.24) is 14.9 Å². The largest absolute Gasteiger partial charge is 0.337 e. The van der Waals surface area contributed by atoms with Gasteiger partial charge in [0.2, 0.25) is 0 Å². The minimum absolute atomic E-state index is 0.0369. The smallest absolute Gasteiger partial charge is 0.272 e. The summed E-state index contributed by atoms with van der Waals surface area (Å²) >= 11 is 0. The molecule has 1 fully saturated rings. The van der Waals surface area contributed by atoms with Crippen molar-refractivity contribution in [3.05, 3.63) is 96.1 Å². The van der Waals surface area contributed by atoms with Gasteiger partial charge in [0.25, 0.3) is 5.91 Å². The molecule has 4 aromatic rings. The van der Waals surface area contributed by atoms with E-state index in [9.17, 15) is 9.18 Å². The van der Waals surface area contributed by atoms with Crippen molar-refractivity contribution in [3.8, 4) is 11.3 Å². The third-order valence-corrected chi connectivity index (χ3v) is 5.86. The minimum atomic E-state index is -0.261. The van der Waals surface area contributed by atoms with E-state index in [0.29, 0.717) is 12.2 Å². The highest BCUT2D eigenvalue weighted by molar-refractivity contribution is 5.95. The molecule has 154 valence electrons. The molecule has 0 bridgehead atoms. The van der Waals surface area contributed by atoms with Gasteiger partial charge in [0.15, 0.2) is 0 Å². The third kappa shape index (κ3) is 4.04. The minimum Gasteiger partial charge on any atom is -0.337 e. The molecule has 0 saturated carbocycles. The zero-order valence-corrected chi connectivity index (χ0v) is 17.0. The average molecular weight is 411 g/mol. The predicted molar refractivity (Wildman–Crippen MR) is 119 cm³/mol. The average Bonchev–Trinajstić information content (AvgIpc) is 2.84. The molecular formula is C26H22FN3O. The molecule has 1 amide bonds. The number of aromatic nitrogens is 2. The van der Waals surface area contributed by atoms with Crippen LogP contribution in [0, 0.1) is 5.82 Å². The molecule has 4 nitrogen and oxygen atoms in total. The van der Waals surface area contributed by atoms with E-state index >= 15 is 0 Å². The maximum absolute atomic E-state index is 13.3. The number of halogens is 1. The highest BCUT2D eigenvalue weighted by atomic mass is 19.1. The lowest BCUT2D eigenvalue weighted by Crippen LogP contribution is -2.39. The number of pyridine rings is 2. The first-order valence-corrected chi connectivity index (χ1v) is 10.6. The molecule has 0 spiro atoms. The zero-order valence-electron chi connectivity index (χ0n) is 17.0. The summed E-state index contributed by atoms with van der Waals surface area (Å²) in [6.07, 6.45) is 1.90. The van der Waals surface area contributed by atoms with Gasteiger partial charge in [-0.1, -0.05) is 30.3 Å². The van der Waals surface area contributed by atoms with Crippen LogP contribution in [-0.2, 0) is 0 Å². The number of hydrogen-bond acceptors (Lipinski definition) is 3. The van der Waals surface area contributed by atoms with Gasteiger partial charge in [-0.25, -0.2) is 9.37 Å². The maximum Gasteiger partial charge on any atom is 0.272 e. The molecule has 3 heterocycles. The van der Waals surface area contributed by atoms with Gasteiger partial charge in [-0.15, -0.1) is 0 Å². The van der Waals surface area contributed by atoms with Gasteiger partial charge in [-0.3, -0.25) is 9.78 Å². The van der Waals surface area contributed by atoms with Crippen LogP contribution in [0.25, 0.3) is 22.2 Å². The third-order valence-electron chi connectivity index (χ3n) is 5.86. The molecule has 1 aliphatic rings. The van der Waals surface area contributed by atoms with Crippen molar-refractivity contribution >= 4 is 16.8 Å². The Labute approximate surface area is 180 Å². The Bertz CT molecular complexity index is 1240. The standard InChI is InChI=1S/C26H22FN3O/c27-21-13-10-19(11-14-21)23-8-3-9-24(28-23)20-6-4-16-30(17-20)26(31)25-15-12-18-5-1-2-7-22(18)29-25/h1-3,5,7-15,20H,4,6,16-17H2/t20-/m1/s1. The summed E-state index contributed by atoms with van der Waals surface area (Å²) in [7, 11) is 0. The Morgan fingerprint density at radius 3 is 2.61 bits per heavy atom. The van der Waals surface area contributed by atoms with Crippen LogP contribution < -0.4 is 0 Å². The topological polar surface area (TPSA) is 46.1 Å². The van der Waals surface area contributed by atoms with Crippen molar-refractivity contribution in [3.63, 3.8) is 0 Å². The lowest BCUT2D eigenvalue weighted by Gasteiger charge is -2.32. The van der Waals surface area contributed by atoms with Gasteiger partial charge < -0.3 is 4.90 Å². The summed E-state index contributed by atoms with van der Waals surface area (Å²) in [5, 5.41) is 1.03. The van der Waals surface area contributed by atoms with Gasteiger partial charge in [0.1, 0.15) is 11.5 Å². The second-order valence-electron chi connectivity index (χ2n) is 7.93. The van der Waals surface area contributed by atoms with E-state index in [4.69, 9.17) is 4.98 Å². The summed E-state index contributed by atoms with van der Waals surface area (Å²) < 4.78 is 13.3. The van der Waals surface area contributed by atoms with Crippen molar-refractivity contribution < 1.29 is 9.18 Å². The number of nitrogens with zero attached hydrogens (tertiary/aromatic N) is 3. The van der Waals surface area contributed by atoms with E-state index in [1.165, 1.54) is 12.1 Å². The van der Waals surface area contributed by atoms with E-state index in [-0.39, 0.29) is 17.6 Å². The van der Waals surface area contributed by atoms with E-state index in [1.807, 2.05) is 59.5 Å². The molecule has 0 N–H and O–H groups in total. The molecule has 2 aromatic heterocycles. The van der Waals surface area contributed by atoms with Gasteiger partial charge in [-0.2, -0.15) is 0 Å². The fourth-order valence-electron chi connectivity index (χ4n) is 4.21. The number of fused-ring (bicyclic) bond motifs is 1. The van der Waals surface area contributed by atoms with Gasteiger partial charge in [0.05, 0.1) is 11.2 Å². The predicted octanol–water partition coefficient (Wildman–Crippen LogP) is 5.46. The van der Waals surface area contributed by atoms with E-state index in [1.54, 1.807) is 12.1 Å². The summed E-state index contributed by atoms with van der Waals surface area (Å²) in [6, 6.07) is 23.9. The second kappa shape index (κ2) is 8.26. The van der Waals surface area contributed by atoms with E-state index in [2.05, 4.69) is 4.98 Å². The number of para-hydroxylation sites is 1. The monoisotopic (exact) mass is 411 g/mol. The van der Waals surface area contributed by atoms with Gasteiger partial charge >= 0.3 is 0 Å². The molecule has 1 aliphatic heterocycles. The van der Waals surface area contributed by atoms with Crippen molar-refractivity contribution in [1.29, 1.82) is 0 Å². The van der Waals surface area contributed by atoms with Crippen molar-refractivity contribution in [2.24, 2.45) is 0 Å². The first kappa shape index (κ1) is 19.4. The Kier molecular flexibility index (Phi) is 5.16. The molecule has 31 heavy (non-hydrogen) atoms. The number of likely N-dealkylation sites (tertiary alicyclic amines) is 1. The Morgan fingerprint density at radius 2 is 1.74 bits per heavy atom. The number of carbonyl (C=O) groups is 1. The molecule has 0 aliphatic carbocycles. The SMILES string of the molecule is O=C(c1ccc2ccccc2n1)N1CCC[C@@H](c2cccc(-c3ccc(F)cc3)n2)C1. The van der Waals surface area contributed by atoms with Gasteiger partial charge in [0, 0.05) is 35.7 Å². The summed E-state index contributed by atoms with van der Waals surface area (Å²) in [5.74, 6) is -0.132. The van der Waals surface area contributed by atoms with Crippen LogP contribution >= 0.6 is 0 Å². The van der Waals surface area contributed by atoms with Gasteiger partial charge in [-0.05, 0) is 61.4 Å². The molecule has 0 unspecified atom stereocenters. The molecular weight excluding hydrogens is 389 g/mol. The Balaban J connectivity index is 1.37. The lowest BCUT2D eigenvalue weighted by atomic mass is 9.93. The number of amides is 1. The van der Waals surface area contributed by atoms with Crippen LogP contribution in [0.15, 0.2) is 78.9 Å². The van der Waals surface area contributed by atoms with E-state index in [0.717, 1.165) is 47.2 Å². The fraction of sp³-hybridized carbons (Fsp3) is 0.192. The number of carbonyl (C=O) groups excluding carboxylic acids is 1. The summed E-state index contributed by atoms with van der Waals surface area (Å²) in [6.45, 7) is 1.34. The van der Waals surface area contributed by atoms with Crippen molar-refractivity contribution in [2.45, 2.75) is 18.8 Å². The molecule has 1 atom stereocenters. The van der Waals surface area contributed by atoms with E-state index < -0.39 is 0 Å². The summed E-state index contributed by atoms with van der Waals surface area (Å²) in [4.78, 5) is 24.4. The van der Waals surface area contributed by atoms with Crippen LogP contribution in [0.1, 0.15) is 34.9 Å². The quantitative estimate of drug-likeness (QED) is 0.450. The molecule has 0 radical (unpaired) electrons. The normalized spacial score (nSPS) is 16.4. The maximum atomic E-state index is 13.3. The Morgan fingerprint density at radius 1 is 0.903 bits per heavy atom. The molecule has 2 aromatic carbocycles. The Hall–Kier alpha value is -3.60. The zero-order chi connectivity index (χ0) is 21.2. The van der Waals surface area contributed by atoms with Crippen LogP contribution in [0.2, 0.25) is 0 Å². The van der Waals surface area contributed by atoms with Crippen LogP contribution in [0.4, 0.5) is 4.39 Å². The second-order valence-corrected chi connectivity index (χ2v) is 7.93. The number of piperidine rings is 1. The molecule has 1 saturated heterocycles. The van der Waals surface area contributed by atoms with Crippen LogP contribution in [0.5, 0.6) is 0 Å². The first-order chi connectivity index (χ1) is 15.2. The summed E-state index contributed by atoms with van der Waals surface area (Å²) in [5.41, 5.74) is 3.97. The number of rotatable bonds is 3. The molecule has 5 rings (SSSR count). The highest BCUT2D eigenvalue weighted by Gasteiger charge is 2.27. The van der Waals surface area contributed by atoms with Crippen LogP contribution in [-0.4, -0.2) is 33.9 Å². The number of benzene rings is 2. The lowest BCUT2D eigenvalue weighted by molar-refractivity contribution is 0.0700.